The van der Waals surface area contributed by atoms with Crippen LogP contribution in [0.25, 0.3) is 10.9 Å². The van der Waals surface area contributed by atoms with Crippen molar-refractivity contribution in [3.05, 3.63) is 36.0 Å². The number of rotatable bonds is 3. The van der Waals surface area contributed by atoms with Gasteiger partial charge in [0.05, 0.1) is 17.3 Å². The number of carbonyl (C=O) groups excluding carboxylic acids is 3. The number of Topliss-reactive ketones (excluding diaryl/α,β-unsaturated/α-hetero) is 1. The zero-order chi connectivity index (χ0) is 14.7. The van der Waals surface area contributed by atoms with Gasteiger partial charge in [0.1, 0.15) is 7.11 Å². The quantitative estimate of drug-likeness (QED) is 0.685. The summed E-state index contributed by atoms with van der Waals surface area (Å²) in [5.41, 5.74) is 0.858. The highest BCUT2D eigenvalue weighted by Crippen LogP contribution is 2.20. The van der Waals surface area contributed by atoms with Crippen LogP contribution in [0.1, 0.15) is 10.4 Å². The zero-order valence-corrected chi connectivity index (χ0v) is 11.7. The van der Waals surface area contributed by atoms with E-state index in [4.69, 9.17) is 4.84 Å². The van der Waals surface area contributed by atoms with Crippen molar-refractivity contribution in [2.75, 3.05) is 13.4 Å². The van der Waals surface area contributed by atoms with E-state index < -0.39 is 16.9 Å². The number of thioether (sulfide) groups is 1. The molecule has 0 radical (unpaired) electrons. The van der Waals surface area contributed by atoms with Gasteiger partial charge in [0, 0.05) is 5.39 Å². The smallest absolute Gasteiger partial charge is 0.299 e. The molecule has 0 aliphatic rings. The predicted molar refractivity (Wildman–Crippen MR) is 75.8 cm³/mol. The monoisotopic (exact) mass is 292 g/mol. The fourth-order valence-corrected chi connectivity index (χ4v) is 2.00. The van der Waals surface area contributed by atoms with Crippen molar-refractivity contribution in [1.29, 1.82) is 0 Å². The van der Waals surface area contributed by atoms with Gasteiger partial charge in [-0.2, -0.15) is 4.73 Å². The number of amides is 2. The van der Waals surface area contributed by atoms with E-state index in [2.05, 4.69) is 0 Å². The maximum Gasteiger partial charge on any atom is 0.299 e. The number of ketones is 1. The Bertz CT molecular complexity index is 693. The van der Waals surface area contributed by atoms with Gasteiger partial charge in [0.2, 0.25) is 0 Å². The summed E-state index contributed by atoms with van der Waals surface area (Å²) in [5.74, 6) is -1.73. The third kappa shape index (κ3) is 2.53. The minimum absolute atomic E-state index is 0.189. The van der Waals surface area contributed by atoms with E-state index in [9.17, 15) is 14.4 Å². The summed E-state index contributed by atoms with van der Waals surface area (Å²) < 4.78 is 1.40. The van der Waals surface area contributed by atoms with Crippen LogP contribution in [-0.2, 0) is 4.79 Å². The second kappa shape index (κ2) is 5.79. The number of carbonyl (C=O) groups is 3. The molecule has 0 aliphatic heterocycles. The van der Waals surface area contributed by atoms with Gasteiger partial charge in [-0.05, 0) is 12.3 Å². The summed E-state index contributed by atoms with van der Waals surface area (Å²) in [7, 11) is 1.46. The number of hydrogen-bond acceptors (Lipinski definition) is 5. The number of fused-ring (bicyclic) bond motifs is 1. The number of imide groups is 1. The highest BCUT2D eigenvalue weighted by atomic mass is 32.2. The van der Waals surface area contributed by atoms with Crippen molar-refractivity contribution in [3.63, 3.8) is 0 Å². The molecular weight excluding hydrogens is 280 g/mol. The number of benzene rings is 1. The van der Waals surface area contributed by atoms with Crippen LogP contribution in [0.2, 0.25) is 0 Å². The van der Waals surface area contributed by atoms with Gasteiger partial charge in [0.15, 0.2) is 0 Å². The standard InChI is InChI=1S/C13H12N2O4S/c1-19-15-7-9(8-5-3-4-6-10(8)15)11(16)12(17)14-13(18)20-2/h3-7H,1-2H3,(H,14,17,18). The summed E-state index contributed by atoms with van der Waals surface area (Å²) in [6, 6.07) is 7.02. The minimum Gasteiger partial charge on any atom is -0.417 e. The molecule has 0 fully saturated rings. The molecule has 0 aliphatic carbocycles. The third-order valence-corrected chi connectivity index (χ3v) is 3.20. The molecule has 1 N–H and O–H groups in total. The van der Waals surface area contributed by atoms with E-state index in [-0.39, 0.29) is 5.56 Å². The van der Waals surface area contributed by atoms with E-state index >= 15 is 0 Å². The lowest BCUT2D eigenvalue weighted by Gasteiger charge is -2.00. The van der Waals surface area contributed by atoms with Crippen molar-refractivity contribution in [2.45, 2.75) is 0 Å². The Hall–Kier alpha value is -2.28. The number of para-hydroxylation sites is 1. The molecule has 1 aromatic heterocycles. The average molecular weight is 292 g/mol. The molecule has 0 unspecified atom stereocenters. The first kappa shape index (κ1) is 14.1. The number of nitrogens with one attached hydrogen (secondary N) is 1. The Morgan fingerprint density at radius 2 is 1.95 bits per heavy atom. The topological polar surface area (TPSA) is 77.4 Å². The second-order valence-electron chi connectivity index (χ2n) is 3.84. The Kier molecular flexibility index (Phi) is 4.09. The van der Waals surface area contributed by atoms with Crippen LogP contribution in [0.5, 0.6) is 0 Å². The molecule has 0 atom stereocenters. The summed E-state index contributed by atoms with van der Waals surface area (Å²) in [5, 5.41) is 2.02. The minimum atomic E-state index is -0.955. The highest BCUT2D eigenvalue weighted by Gasteiger charge is 2.23. The highest BCUT2D eigenvalue weighted by molar-refractivity contribution is 8.13. The van der Waals surface area contributed by atoms with Crippen LogP contribution in [0.4, 0.5) is 4.79 Å². The van der Waals surface area contributed by atoms with Crippen molar-refractivity contribution in [1.82, 2.24) is 10.0 Å². The predicted octanol–water partition coefficient (Wildman–Crippen LogP) is 1.48. The molecule has 6 nitrogen and oxygen atoms in total. The van der Waals surface area contributed by atoms with Gasteiger partial charge in [0.25, 0.3) is 16.9 Å². The van der Waals surface area contributed by atoms with E-state index in [1.807, 2.05) is 5.32 Å². The van der Waals surface area contributed by atoms with E-state index in [1.165, 1.54) is 24.3 Å². The molecule has 104 valence electrons. The molecule has 20 heavy (non-hydrogen) atoms. The molecule has 0 bridgehead atoms. The van der Waals surface area contributed by atoms with Gasteiger partial charge in [-0.3, -0.25) is 19.7 Å². The number of aromatic nitrogens is 1. The first-order valence-electron chi connectivity index (χ1n) is 5.66. The molecular formula is C13H12N2O4S. The molecule has 2 amide bonds. The molecule has 2 aromatic rings. The largest absolute Gasteiger partial charge is 0.417 e. The molecule has 0 saturated heterocycles. The fourth-order valence-electron chi connectivity index (χ4n) is 1.80. The molecule has 0 saturated carbocycles. The SMILES string of the molecule is COn1cc(C(=O)C(=O)NC(=O)SC)c2ccccc21. The van der Waals surface area contributed by atoms with Crippen LogP contribution in [0.15, 0.2) is 30.5 Å². The number of nitrogens with zero attached hydrogens (tertiary/aromatic N) is 1. The van der Waals surface area contributed by atoms with E-state index in [0.717, 1.165) is 11.8 Å². The van der Waals surface area contributed by atoms with Gasteiger partial charge >= 0.3 is 0 Å². The van der Waals surface area contributed by atoms with Gasteiger partial charge in [-0.15, -0.1) is 0 Å². The Morgan fingerprint density at radius 3 is 2.60 bits per heavy atom. The van der Waals surface area contributed by atoms with Crippen molar-refractivity contribution >= 4 is 39.6 Å². The van der Waals surface area contributed by atoms with Gasteiger partial charge < -0.3 is 4.84 Å². The van der Waals surface area contributed by atoms with Crippen molar-refractivity contribution in [3.8, 4) is 0 Å². The van der Waals surface area contributed by atoms with Crippen molar-refractivity contribution < 1.29 is 19.2 Å². The molecule has 0 spiro atoms. The Labute approximate surface area is 119 Å². The zero-order valence-electron chi connectivity index (χ0n) is 10.9. The van der Waals surface area contributed by atoms with Crippen LogP contribution in [-0.4, -0.2) is 35.0 Å². The second-order valence-corrected chi connectivity index (χ2v) is 4.62. The van der Waals surface area contributed by atoms with E-state index in [0.29, 0.717) is 10.9 Å². The van der Waals surface area contributed by atoms with Gasteiger partial charge in [-0.25, -0.2) is 0 Å². The summed E-state index contributed by atoms with van der Waals surface area (Å²) in [6.07, 6.45) is 2.94. The molecule has 2 rings (SSSR count). The summed E-state index contributed by atoms with van der Waals surface area (Å²) >= 11 is 0.826. The first-order valence-corrected chi connectivity index (χ1v) is 6.89. The lowest BCUT2D eigenvalue weighted by Crippen LogP contribution is -2.33. The normalized spacial score (nSPS) is 10.3. The lowest BCUT2D eigenvalue weighted by atomic mass is 10.1. The number of hydrogen-bond donors (Lipinski definition) is 1. The van der Waals surface area contributed by atoms with Crippen molar-refractivity contribution in [2.24, 2.45) is 0 Å². The summed E-state index contributed by atoms with van der Waals surface area (Å²) in [6.45, 7) is 0. The fraction of sp³-hybridized carbons (Fsp3) is 0.154. The average Bonchev–Trinajstić information content (AvgIpc) is 2.85. The first-order chi connectivity index (χ1) is 9.58. The summed E-state index contributed by atoms with van der Waals surface area (Å²) in [4.78, 5) is 40.0. The molecule has 1 aromatic carbocycles. The Morgan fingerprint density at radius 1 is 1.25 bits per heavy atom. The maximum absolute atomic E-state index is 12.1. The van der Waals surface area contributed by atoms with Crippen LogP contribution in [0, 0.1) is 0 Å². The molecule has 7 heteroatoms. The molecule has 1 heterocycles. The third-order valence-electron chi connectivity index (χ3n) is 2.73. The lowest BCUT2D eigenvalue weighted by molar-refractivity contribution is -0.115. The van der Waals surface area contributed by atoms with E-state index in [1.54, 1.807) is 24.3 Å². The van der Waals surface area contributed by atoms with Crippen LogP contribution < -0.4 is 10.2 Å². The van der Waals surface area contributed by atoms with Crippen LogP contribution in [0.3, 0.4) is 0 Å². The Balaban J connectivity index is 2.40. The maximum atomic E-state index is 12.1. The van der Waals surface area contributed by atoms with Gasteiger partial charge in [-0.1, -0.05) is 30.0 Å². The van der Waals surface area contributed by atoms with Crippen LogP contribution >= 0.6 is 11.8 Å².